The van der Waals surface area contributed by atoms with E-state index in [0.29, 0.717) is 19.8 Å². The molecule has 1 aliphatic carbocycles. The summed E-state index contributed by atoms with van der Waals surface area (Å²) in [6, 6.07) is 17.4. The SMILES string of the molecule is O=C(O)O[C@@H]1CCCN(CCCOCC=C2c3ccccc3CCc3ccccc32)C1. The van der Waals surface area contributed by atoms with Gasteiger partial charge in [-0.1, -0.05) is 54.6 Å². The van der Waals surface area contributed by atoms with Crippen molar-refractivity contribution in [3.05, 3.63) is 76.9 Å². The number of piperidine rings is 1. The van der Waals surface area contributed by atoms with Crippen molar-refractivity contribution in [3.63, 3.8) is 0 Å². The molecule has 1 saturated heterocycles. The van der Waals surface area contributed by atoms with E-state index in [1.165, 1.54) is 27.8 Å². The van der Waals surface area contributed by atoms with Crippen LogP contribution in [0.4, 0.5) is 4.79 Å². The van der Waals surface area contributed by atoms with E-state index in [1.54, 1.807) is 0 Å². The van der Waals surface area contributed by atoms with Crippen LogP contribution in [-0.4, -0.2) is 55.1 Å². The summed E-state index contributed by atoms with van der Waals surface area (Å²) in [6.45, 7) is 3.86. The summed E-state index contributed by atoms with van der Waals surface area (Å²) < 4.78 is 10.9. The summed E-state index contributed by atoms with van der Waals surface area (Å²) in [6.07, 6.45) is 5.69. The zero-order valence-corrected chi connectivity index (χ0v) is 18.0. The second kappa shape index (κ2) is 10.6. The molecule has 0 bridgehead atoms. The van der Waals surface area contributed by atoms with Gasteiger partial charge in [-0.15, -0.1) is 0 Å². The fourth-order valence-corrected chi connectivity index (χ4v) is 4.71. The molecule has 1 N–H and O–H groups in total. The Labute approximate surface area is 184 Å². The number of carbonyl (C=O) groups is 1. The molecule has 31 heavy (non-hydrogen) atoms. The van der Waals surface area contributed by atoms with Crippen LogP contribution in [0.5, 0.6) is 0 Å². The van der Waals surface area contributed by atoms with E-state index in [-0.39, 0.29) is 6.10 Å². The number of aryl methyl sites for hydroxylation is 2. The summed E-state index contributed by atoms with van der Waals surface area (Å²) in [4.78, 5) is 13.0. The second-order valence-corrected chi connectivity index (χ2v) is 8.31. The first kappa shape index (κ1) is 21.6. The minimum atomic E-state index is -1.18. The third kappa shape index (κ3) is 5.75. The molecular weight excluding hydrogens is 390 g/mol. The molecule has 0 aromatic heterocycles. The van der Waals surface area contributed by atoms with E-state index in [9.17, 15) is 4.79 Å². The quantitative estimate of drug-likeness (QED) is 0.515. The van der Waals surface area contributed by atoms with Gasteiger partial charge in [-0.2, -0.15) is 0 Å². The molecule has 5 nitrogen and oxygen atoms in total. The van der Waals surface area contributed by atoms with Gasteiger partial charge >= 0.3 is 6.16 Å². The highest BCUT2D eigenvalue weighted by molar-refractivity contribution is 5.83. The lowest BCUT2D eigenvalue weighted by atomic mass is 9.94. The monoisotopic (exact) mass is 421 g/mol. The third-order valence-electron chi connectivity index (χ3n) is 6.18. The molecule has 0 saturated carbocycles. The summed E-state index contributed by atoms with van der Waals surface area (Å²) in [5, 5.41) is 8.81. The molecule has 2 aliphatic rings. The van der Waals surface area contributed by atoms with Gasteiger partial charge in [0.15, 0.2) is 0 Å². The van der Waals surface area contributed by atoms with Crippen LogP contribution in [0.25, 0.3) is 5.57 Å². The maximum absolute atomic E-state index is 10.7. The van der Waals surface area contributed by atoms with Gasteiger partial charge in [-0.3, -0.25) is 4.90 Å². The van der Waals surface area contributed by atoms with Crippen molar-refractivity contribution in [1.29, 1.82) is 0 Å². The number of hydrogen-bond acceptors (Lipinski definition) is 4. The minimum Gasteiger partial charge on any atom is -0.450 e. The molecule has 4 rings (SSSR count). The highest BCUT2D eigenvalue weighted by Gasteiger charge is 2.22. The Balaban J connectivity index is 1.31. The van der Waals surface area contributed by atoms with Crippen LogP contribution in [0, 0.1) is 0 Å². The van der Waals surface area contributed by atoms with Gasteiger partial charge < -0.3 is 14.6 Å². The van der Waals surface area contributed by atoms with E-state index in [0.717, 1.165) is 45.2 Å². The normalized spacial score (nSPS) is 18.6. The van der Waals surface area contributed by atoms with E-state index >= 15 is 0 Å². The Bertz CT molecular complexity index is 874. The van der Waals surface area contributed by atoms with Crippen LogP contribution in [0.3, 0.4) is 0 Å². The topological polar surface area (TPSA) is 59.0 Å². The van der Waals surface area contributed by atoms with Crippen molar-refractivity contribution in [2.75, 3.05) is 32.8 Å². The highest BCUT2D eigenvalue weighted by atomic mass is 16.7. The van der Waals surface area contributed by atoms with Crippen LogP contribution in [0.1, 0.15) is 41.5 Å². The standard InChI is InChI=1S/C26H31NO4/c28-26(29)31-22-9-5-15-27(19-22)16-6-17-30-18-14-25-23-10-3-1-7-20(23)12-13-21-8-2-4-11-24(21)25/h1-4,7-8,10-11,14,22H,5-6,9,12-13,15-19H2,(H,28,29)/t22-/m1/s1. The molecular formula is C26H31NO4. The first-order valence-corrected chi connectivity index (χ1v) is 11.3. The lowest BCUT2D eigenvalue weighted by molar-refractivity contribution is 0.0115. The first-order chi connectivity index (χ1) is 15.2. The molecule has 1 aliphatic heterocycles. The van der Waals surface area contributed by atoms with Gasteiger partial charge in [-0.05, 0) is 66.5 Å². The van der Waals surface area contributed by atoms with Crippen molar-refractivity contribution >= 4 is 11.7 Å². The summed E-state index contributed by atoms with van der Waals surface area (Å²) in [5.41, 5.74) is 6.69. The molecule has 0 radical (unpaired) electrons. The fraction of sp³-hybridized carbons (Fsp3) is 0.423. The first-order valence-electron chi connectivity index (χ1n) is 11.3. The van der Waals surface area contributed by atoms with Crippen LogP contribution in [0.15, 0.2) is 54.6 Å². The van der Waals surface area contributed by atoms with Gasteiger partial charge in [0.2, 0.25) is 0 Å². The summed E-state index contributed by atoms with van der Waals surface area (Å²) in [7, 11) is 0. The average Bonchev–Trinajstić information content (AvgIpc) is 2.93. The Hall–Kier alpha value is -2.63. The second-order valence-electron chi connectivity index (χ2n) is 8.31. The molecule has 2 aromatic rings. The predicted octanol–water partition coefficient (Wildman–Crippen LogP) is 4.78. The highest BCUT2D eigenvalue weighted by Crippen LogP contribution is 2.33. The zero-order chi connectivity index (χ0) is 21.5. The smallest absolute Gasteiger partial charge is 0.450 e. The average molecular weight is 422 g/mol. The molecule has 5 heteroatoms. The number of fused-ring (bicyclic) bond motifs is 2. The molecule has 164 valence electrons. The van der Waals surface area contributed by atoms with Crippen molar-refractivity contribution in [2.24, 2.45) is 0 Å². The molecule has 0 spiro atoms. The molecule has 1 fully saturated rings. The summed E-state index contributed by atoms with van der Waals surface area (Å²) in [5.74, 6) is 0. The Kier molecular flexibility index (Phi) is 7.39. The maximum atomic E-state index is 10.7. The number of ether oxygens (including phenoxy) is 2. The van der Waals surface area contributed by atoms with Gasteiger partial charge in [-0.25, -0.2) is 4.79 Å². The van der Waals surface area contributed by atoms with Gasteiger partial charge in [0, 0.05) is 19.7 Å². The van der Waals surface area contributed by atoms with Gasteiger partial charge in [0.25, 0.3) is 0 Å². The Morgan fingerprint density at radius 1 is 1.06 bits per heavy atom. The van der Waals surface area contributed by atoms with Crippen molar-refractivity contribution in [1.82, 2.24) is 4.90 Å². The molecule has 2 aromatic carbocycles. The molecule has 1 heterocycles. The van der Waals surface area contributed by atoms with E-state index < -0.39 is 6.16 Å². The van der Waals surface area contributed by atoms with Crippen LogP contribution in [0.2, 0.25) is 0 Å². The van der Waals surface area contributed by atoms with Crippen LogP contribution >= 0.6 is 0 Å². The number of likely N-dealkylation sites (tertiary alicyclic amines) is 1. The Morgan fingerprint density at radius 2 is 1.74 bits per heavy atom. The molecule has 0 unspecified atom stereocenters. The number of hydrogen-bond donors (Lipinski definition) is 1. The Morgan fingerprint density at radius 3 is 2.42 bits per heavy atom. The minimum absolute atomic E-state index is 0.202. The number of nitrogens with zero attached hydrogens (tertiary/aromatic N) is 1. The van der Waals surface area contributed by atoms with Crippen molar-refractivity contribution in [3.8, 4) is 0 Å². The summed E-state index contributed by atoms with van der Waals surface area (Å²) >= 11 is 0. The van der Waals surface area contributed by atoms with Crippen molar-refractivity contribution in [2.45, 2.75) is 38.2 Å². The zero-order valence-electron chi connectivity index (χ0n) is 18.0. The largest absolute Gasteiger partial charge is 0.506 e. The lowest BCUT2D eigenvalue weighted by Gasteiger charge is -2.31. The number of carboxylic acid groups (broad SMARTS) is 1. The van der Waals surface area contributed by atoms with E-state index in [2.05, 4.69) is 59.5 Å². The van der Waals surface area contributed by atoms with Crippen molar-refractivity contribution < 1.29 is 19.4 Å². The number of rotatable bonds is 7. The lowest BCUT2D eigenvalue weighted by Crippen LogP contribution is -2.41. The maximum Gasteiger partial charge on any atom is 0.506 e. The predicted molar refractivity (Wildman–Crippen MR) is 121 cm³/mol. The van der Waals surface area contributed by atoms with Gasteiger partial charge in [0.05, 0.1) is 6.61 Å². The van der Waals surface area contributed by atoms with E-state index in [1.807, 2.05) is 0 Å². The fourth-order valence-electron chi connectivity index (χ4n) is 4.71. The number of benzene rings is 2. The molecule has 0 amide bonds. The molecule has 1 atom stereocenters. The van der Waals surface area contributed by atoms with Crippen LogP contribution in [-0.2, 0) is 22.3 Å². The van der Waals surface area contributed by atoms with Crippen LogP contribution < -0.4 is 0 Å². The van der Waals surface area contributed by atoms with Gasteiger partial charge in [0.1, 0.15) is 6.10 Å². The van der Waals surface area contributed by atoms with E-state index in [4.69, 9.17) is 14.6 Å². The third-order valence-corrected chi connectivity index (χ3v) is 6.18.